The highest BCUT2D eigenvalue weighted by molar-refractivity contribution is 8.05. The minimum absolute atomic E-state index is 0.169. The number of thiophene rings is 1. The summed E-state index contributed by atoms with van der Waals surface area (Å²) in [5.41, 5.74) is 20.2. The van der Waals surface area contributed by atoms with Crippen molar-refractivity contribution in [2.45, 2.75) is 51.2 Å². The molecule has 9 aromatic carbocycles. The molecule has 0 amide bonds. The fourth-order valence-corrected chi connectivity index (χ4v) is 14.9. The Morgan fingerprint density at radius 3 is 2.15 bits per heavy atom. The van der Waals surface area contributed by atoms with Gasteiger partial charge in [0.1, 0.15) is 0 Å². The van der Waals surface area contributed by atoms with Crippen molar-refractivity contribution in [1.29, 1.82) is 0 Å². The van der Waals surface area contributed by atoms with Gasteiger partial charge in [0.15, 0.2) is 7.28 Å². The first-order valence-electron chi connectivity index (χ1n) is 21.6. The van der Waals surface area contributed by atoms with Crippen LogP contribution in [0.5, 0.6) is 0 Å². The van der Waals surface area contributed by atoms with Crippen LogP contribution in [0.15, 0.2) is 183 Å². The molecule has 4 aliphatic rings. The van der Waals surface area contributed by atoms with E-state index in [-0.39, 0.29) is 11.3 Å². The van der Waals surface area contributed by atoms with Crippen molar-refractivity contribution in [3.63, 3.8) is 0 Å². The Kier molecular flexibility index (Phi) is 7.48. The molecule has 14 rings (SSSR count). The van der Waals surface area contributed by atoms with E-state index in [0.717, 1.165) is 17.8 Å². The molecule has 0 saturated carbocycles. The first-order chi connectivity index (χ1) is 30.5. The van der Waals surface area contributed by atoms with Gasteiger partial charge in [-0.1, -0.05) is 170 Å². The van der Waals surface area contributed by atoms with Crippen molar-refractivity contribution in [1.82, 2.24) is 0 Å². The molecule has 1 aromatic heterocycles. The van der Waals surface area contributed by atoms with Gasteiger partial charge in [0.05, 0.1) is 10.4 Å². The Bertz CT molecular complexity index is 3620. The third-order valence-electron chi connectivity index (χ3n) is 14.1. The summed E-state index contributed by atoms with van der Waals surface area (Å²) < 4.78 is 2.60. The van der Waals surface area contributed by atoms with Crippen LogP contribution in [0.2, 0.25) is 0 Å². The molecule has 2 aliphatic carbocycles. The highest BCUT2D eigenvalue weighted by Crippen LogP contribution is 2.57. The SMILES string of the molecule is CC1(C)c2ccccc2-c2cc(-c3cc4c(cc3Nc3cccc5c3sc3ccccc35)Sc3ccccc3S4)c3c(c21)C1Cc2c(ccc4ccccc24)-c2cccc(c21)[B]3. The van der Waals surface area contributed by atoms with E-state index in [1.807, 2.05) is 34.9 Å². The molecular formula is C57H37BNS3. The second-order valence-corrected chi connectivity index (χ2v) is 21.0. The second kappa shape index (κ2) is 13.0. The van der Waals surface area contributed by atoms with Gasteiger partial charge < -0.3 is 5.32 Å². The molecule has 0 bridgehead atoms. The van der Waals surface area contributed by atoms with E-state index in [0.29, 0.717) is 0 Å². The van der Waals surface area contributed by atoms with Crippen molar-refractivity contribution in [2.24, 2.45) is 0 Å². The van der Waals surface area contributed by atoms with Gasteiger partial charge in [0, 0.05) is 57.6 Å². The van der Waals surface area contributed by atoms with E-state index in [1.165, 1.54) is 123 Å². The smallest absolute Gasteiger partial charge is 0.193 e. The number of hydrogen-bond acceptors (Lipinski definition) is 4. The summed E-state index contributed by atoms with van der Waals surface area (Å²) in [7, 11) is 2.55. The molecule has 0 fully saturated rings. The summed E-state index contributed by atoms with van der Waals surface area (Å²) >= 11 is 5.67. The van der Waals surface area contributed by atoms with E-state index < -0.39 is 0 Å². The number of anilines is 2. The Morgan fingerprint density at radius 1 is 0.532 bits per heavy atom. The summed E-state index contributed by atoms with van der Waals surface area (Å²) in [6.45, 7) is 4.93. The summed E-state index contributed by atoms with van der Waals surface area (Å²) in [5, 5.41) is 9.43. The molecule has 1 nitrogen and oxygen atoms in total. The lowest BCUT2D eigenvalue weighted by atomic mass is 9.49. The van der Waals surface area contributed by atoms with Crippen LogP contribution in [-0.4, -0.2) is 7.28 Å². The Hall–Kier alpha value is -5.98. The Morgan fingerprint density at radius 2 is 1.26 bits per heavy atom. The van der Waals surface area contributed by atoms with E-state index in [9.17, 15) is 0 Å². The van der Waals surface area contributed by atoms with Crippen molar-refractivity contribution < 1.29 is 0 Å². The molecule has 5 heteroatoms. The van der Waals surface area contributed by atoms with E-state index >= 15 is 0 Å². The topological polar surface area (TPSA) is 12.0 Å². The second-order valence-electron chi connectivity index (χ2n) is 17.8. The summed E-state index contributed by atoms with van der Waals surface area (Å²) in [5.74, 6) is 0.208. The van der Waals surface area contributed by atoms with Crippen LogP contribution in [0.3, 0.4) is 0 Å². The van der Waals surface area contributed by atoms with Crippen LogP contribution in [0.25, 0.3) is 64.3 Å². The molecule has 291 valence electrons. The molecular weight excluding hydrogens is 806 g/mol. The normalized spacial score (nSPS) is 15.8. The van der Waals surface area contributed by atoms with Gasteiger partial charge in [-0.3, -0.25) is 0 Å². The predicted molar refractivity (Wildman–Crippen MR) is 267 cm³/mol. The van der Waals surface area contributed by atoms with Gasteiger partial charge in [0.2, 0.25) is 0 Å². The molecule has 1 radical (unpaired) electrons. The third kappa shape index (κ3) is 4.96. The lowest BCUT2D eigenvalue weighted by Crippen LogP contribution is -2.44. The molecule has 10 aromatic rings. The first kappa shape index (κ1) is 35.6. The lowest BCUT2D eigenvalue weighted by molar-refractivity contribution is 0.641. The van der Waals surface area contributed by atoms with Crippen molar-refractivity contribution in [3.8, 4) is 33.4 Å². The zero-order valence-corrected chi connectivity index (χ0v) is 36.6. The van der Waals surface area contributed by atoms with E-state index in [1.54, 1.807) is 0 Å². The van der Waals surface area contributed by atoms with Crippen molar-refractivity contribution in [3.05, 3.63) is 192 Å². The minimum atomic E-state index is -0.169. The Balaban J connectivity index is 1.06. The standard InChI is InChI=1S/C57H37BNS3/c1-57(2)43-19-7-5-15-34(43)40-28-41(55-53(54(40)57)42-27-38-32-14-4-3-13-31(32)25-26-33(38)36-17-11-20-44(58-55)52(36)42)39-29-50-51(61-49-24-10-9-23-48(49)60-50)30-46(39)59-45-21-12-18-37-35-16-6-8-22-47(35)62-56(37)45/h3-26,28-30,42,59H,27H2,1-2H3. The zero-order valence-electron chi connectivity index (χ0n) is 34.2. The van der Waals surface area contributed by atoms with Gasteiger partial charge in [-0.2, -0.15) is 0 Å². The highest BCUT2D eigenvalue weighted by Gasteiger charge is 2.44. The van der Waals surface area contributed by atoms with E-state index in [4.69, 9.17) is 0 Å². The molecule has 3 heterocycles. The fraction of sp³-hybridized carbons (Fsp3) is 0.0877. The van der Waals surface area contributed by atoms with Crippen molar-refractivity contribution >= 4 is 95.4 Å². The van der Waals surface area contributed by atoms with Gasteiger partial charge >= 0.3 is 0 Å². The monoisotopic (exact) mass is 842 g/mol. The maximum absolute atomic E-state index is 4.13. The van der Waals surface area contributed by atoms with Crippen LogP contribution in [0.4, 0.5) is 11.4 Å². The van der Waals surface area contributed by atoms with Gasteiger partial charge in [-0.05, 0) is 115 Å². The average molecular weight is 843 g/mol. The molecule has 0 spiro atoms. The zero-order chi connectivity index (χ0) is 40.8. The molecule has 1 N–H and O–H groups in total. The average Bonchev–Trinajstić information content (AvgIpc) is 3.80. The quantitative estimate of drug-likeness (QED) is 0.178. The highest BCUT2D eigenvalue weighted by atomic mass is 32.2. The summed E-state index contributed by atoms with van der Waals surface area (Å²) in [4.78, 5) is 5.23. The van der Waals surface area contributed by atoms with Gasteiger partial charge in [0.25, 0.3) is 0 Å². The number of benzene rings is 9. The largest absolute Gasteiger partial charge is 0.354 e. The number of fused-ring (bicyclic) bond motifs is 15. The predicted octanol–water partition coefficient (Wildman–Crippen LogP) is 14.9. The molecule has 62 heavy (non-hydrogen) atoms. The fourth-order valence-electron chi connectivity index (χ4n) is 11.5. The van der Waals surface area contributed by atoms with Crippen LogP contribution < -0.4 is 16.2 Å². The summed E-state index contributed by atoms with van der Waals surface area (Å²) in [6, 6.07) is 61.9. The van der Waals surface area contributed by atoms with Crippen LogP contribution in [-0.2, 0) is 11.8 Å². The van der Waals surface area contributed by atoms with Crippen molar-refractivity contribution in [2.75, 3.05) is 5.32 Å². The van der Waals surface area contributed by atoms with Gasteiger partial charge in [-0.25, -0.2) is 0 Å². The maximum Gasteiger partial charge on any atom is 0.193 e. The lowest BCUT2D eigenvalue weighted by Gasteiger charge is -2.40. The molecule has 2 aliphatic heterocycles. The molecule has 0 saturated heterocycles. The first-order valence-corrected chi connectivity index (χ1v) is 24.0. The number of nitrogens with one attached hydrogen (secondary N) is 1. The third-order valence-corrected chi connectivity index (χ3v) is 17.9. The number of hydrogen-bond donors (Lipinski definition) is 1. The van der Waals surface area contributed by atoms with Crippen LogP contribution >= 0.6 is 34.9 Å². The van der Waals surface area contributed by atoms with Gasteiger partial charge in [-0.15, -0.1) is 11.3 Å². The number of rotatable bonds is 3. The van der Waals surface area contributed by atoms with E-state index in [2.05, 4.69) is 190 Å². The van der Waals surface area contributed by atoms with Crippen LogP contribution in [0.1, 0.15) is 47.6 Å². The molecule has 1 unspecified atom stereocenters. The molecule has 1 atom stereocenters. The summed E-state index contributed by atoms with van der Waals surface area (Å²) in [6.07, 6.45) is 0.969. The van der Waals surface area contributed by atoms with Crippen LogP contribution in [0, 0.1) is 0 Å². The Labute approximate surface area is 374 Å². The maximum atomic E-state index is 4.13. The minimum Gasteiger partial charge on any atom is -0.354 e.